The summed E-state index contributed by atoms with van der Waals surface area (Å²) in [5.41, 5.74) is 0. The highest BCUT2D eigenvalue weighted by atomic mass is 19.4. The topological polar surface area (TPSA) is 29.5 Å². The van der Waals surface area contributed by atoms with Crippen molar-refractivity contribution in [1.29, 1.82) is 0 Å². The molecule has 0 bridgehead atoms. The van der Waals surface area contributed by atoms with Crippen LogP contribution in [0.15, 0.2) is 0 Å². The SMILES string of the molecule is CC(C)CN(C(=O)COCC(F)(F)F)C1CC1. The maximum atomic E-state index is 11.8. The second-order valence-corrected chi connectivity index (χ2v) is 4.78. The van der Waals surface area contributed by atoms with Crippen molar-refractivity contribution >= 4 is 5.91 Å². The molecule has 0 aromatic rings. The third-order valence-electron chi connectivity index (χ3n) is 2.36. The summed E-state index contributed by atoms with van der Waals surface area (Å²) in [6.07, 6.45) is -2.49. The van der Waals surface area contributed by atoms with E-state index in [9.17, 15) is 18.0 Å². The minimum Gasteiger partial charge on any atom is -0.362 e. The van der Waals surface area contributed by atoms with Crippen LogP contribution in [0, 0.1) is 5.92 Å². The van der Waals surface area contributed by atoms with Crippen molar-refractivity contribution in [1.82, 2.24) is 4.90 Å². The summed E-state index contributed by atoms with van der Waals surface area (Å²) in [4.78, 5) is 13.3. The van der Waals surface area contributed by atoms with Crippen molar-refractivity contribution in [2.75, 3.05) is 19.8 Å². The Morgan fingerprint density at radius 1 is 1.41 bits per heavy atom. The molecule has 1 aliphatic rings. The molecule has 0 aromatic carbocycles. The minimum atomic E-state index is -4.37. The monoisotopic (exact) mass is 253 g/mol. The zero-order valence-corrected chi connectivity index (χ0v) is 10.1. The number of hydrogen-bond donors (Lipinski definition) is 0. The Morgan fingerprint density at radius 3 is 2.41 bits per heavy atom. The third kappa shape index (κ3) is 5.91. The minimum absolute atomic E-state index is 0.208. The van der Waals surface area contributed by atoms with Crippen LogP contribution in [0.3, 0.4) is 0 Å². The number of ether oxygens (including phenoxy) is 1. The molecule has 1 aliphatic carbocycles. The molecular weight excluding hydrogens is 235 g/mol. The van der Waals surface area contributed by atoms with Crippen molar-refractivity contribution in [3.05, 3.63) is 0 Å². The summed E-state index contributed by atoms with van der Waals surface area (Å²) in [6.45, 7) is 2.68. The lowest BCUT2D eigenvalue weighted by atomic mass is 10.2. The number of carbonyl (C=O) groups excluding carboxylic acids is 1. The maximum Gasteiger partial charge on any atom is 0.411 e. The average Bonchev–Trinajstić information content (AvgIpc) is 2.94. The Labute approximate surface area is 98.9 Å². The van der Waals surface area contributed by atoms with Crippen LogP contribution in [-0.4, -0.2) is 42.8 Å². The lowest BCUT2D eigenvalue weighted by Crippen LogP contribution is -2.39. The van der Waals surface area contributed by atoms with Crippen LogP contribution in [0.1, 0.15) is 26.7 Å². The van der Waals surface area contributed by atoms with E-state index in [0.29, 0.717) is 12.5 Å². The van der Waals surface area contributed by atoms with Gasteiger partial charge < -0.3 is 9.64 Å². The van der Waals surface area contributed by atoms with Gasteiger partial charge in [-0.3, -0.25) is 4.79 Å². The second-order valence-electron chi connectivity index (χ2n) is 4.78. The first-order valence-electron chi connectivity index (χ1n) is 5.73. The van der Waals surface area contributed by atoms with Crippen molar-refractivity contribution in [3.63, 3.8) is 0 Å². The normalized spacial score (nSPS) is 16.4. The first-order chi connectivity index (χ1) is 7.79. The Balaban J connectivity index is 2.33. The van der Waals surface area contributed by atoms with E-state index in [1.807, 2.05) is 13.8 Å². The van der Waals surface area contributed by atoms with E-state index >= 15 is 0 Å². The quantitative estimate of drug-likeness (QED) is 0.726. The van der Waals surface area contributed by atoms with Crippen molar-refractivity contribution < 1.29 is 22.7 Å². The van der Waals surface area contributed by atoms with E-state index in [1.54, 1.807) is 4.90 Å². The number of nitrogens with zero attached hydrogens (tertiary/aromatic N) is 1. The van der Waals surface area contributed by atoms with E-state index in [4.69, 9.17) is 0 Å². The molecule has 0 unspecified atom stereocenters. The molecule has 17 heavy (non-hydrogen) atoms. The molecule has 0 spiro atoms. The Hall–Kier alpha value is -0.780. The molecule has 0 aromatic heterocycles. The molecule has 1 amide bonds. The number of hydrogen-bond acceptors (Lipinski definition) is 2. The molecular formula is C11H18F3NO2. The summed E-state index contributed by atoms with van der Waals surface area (Å²) in [6, 6.07) is 0.208. The van der Waals surface area contributed by atoms with Crippen molar-refractivity contribution in [2.45, 2.75) is 38.9 Å². The first-order valence-corrected chi connectivity index (χ1v) is 5.73. The predicted molar refractivity (Wildman–Crippen MR) is 56.4 cm³/mol. The fourth-order valence-corrected chi connectivity index (χ4v) is 1.57. The molecule has 0 saturated heterocycles. The van der Waals surface area contributed by atoms with Gasteiger partial charge >= 0.3 is 6.18 Å². The Morgan fingerprint density at radius 2 is 2.00 bits per heavy atom. The number of rotatable bonds is 6. The number of halogens is 3. The van der Waals surface area contributed by atoms with Gasteiger partial charge in [0.1, 0.15) is 13.2 Å². The van der Waals surface area contributed by atoms with E-state index in [-0.39, 0.29) is 11.9 Å². The zero-order chi connectivity index (χ0) is 13.1. The Kier molecular flexibility index (Phi) is 4.80. The third-order valence-corrected chi connectivity index (χ3v) is 2.36. The van der Waals surface area contributed by atoms with Crippen LogP contribution in [0.5, 0.6) is 0 Å². The average molecular weight is 253 g/mol. The highest BCUT2D eigenvalue weighted by molar-refractivity contribution is 5.78. The largest absolute Gasteiger partial charge is 0.411 e. The highest BCUT2D eigenvalue weighted by Crippen LogP contribution is 2.27. The lowest BCUT2D eigenvalue weighted by Gasteiger charge is -2.24. The van der Waals surface area contributed by atoms with Gasteiger partial charge in [-0.1, -0.05) is 13.8 Å². The van der Waals surface area contributed by atoms with E-state index in [0.717, 1.165) is 12.8 Å². The number of amides is 1. The van der Waals surface area contributed by atoms with Gasteiger partial charge in [-0.05, 0) is 18.8 Å². The van der Waals surface area contributed by atoms with Gasteiger partial charge in [0.15, 0.2) is 0 Å². The molecule has 1 saturated carbocycles. The van der Waals surface area contributed by atoms with Gasteiger partial charge in [0.25, 0.3) is 0 Å². The van der Waals surface area contributed by atoms with Crippen molar-refractivity contribution in [2.24, 2.45) is 5.92 Å². The second kappa shape index (κ2) is 5.71. The van der Waals surface area contributed by atoms with Crippen LogP contribution in [0.2, 0.25) is 0 Å². The molecule has 0 heterocycles. The van der Waals surface area contributed by atoms with E-state index in [1.165, 1.54) is 0 Å². The van der Waals surface area contributed by atoms with Crippen LogP contribution >= 0.6 is 0 Å². The molecule has 0 aliphatic heterocycles. The summed E-state index contributed by atoms with van der Waals surface area (Å²) in [5, 5.41) is 0. The summed E-state index contributed by atoms with van der Waals surface area (Å²) < 4.78 is 39.9. The zero-order valence-electron chi connectivity index (χ0n) is 10.1. The molecule has 3 nitrogen and oxygen atoms in total. The molecule has 1 fully saturated rings. The van der Waals surface area contributed by atoms with Gasteiger partial charge in [0, 0.05) is 12.6 Å². The number of alkyl halides is 3. The lowest BCUT2D eigenvalue weighted by molar-refractivity contribution is -0.178. The van der Waals surface area contributed by atoms with Gasteiger partial charge in [-0.25, -0.2) is 0 Å². The van der Waals surface area contributed by atoms with E-state index < -0.39 is 19.4 Å². The van der Waals surface area contributed by atoms with E-state index in [2.05, 4.69) is 4.74 Å². The molecule has 0 N–H and O–H groups in total. The smallest absolute Gasteiger partial charge is 0.362 e. The summed E-state index contributed by atoms with van der Waals surface area (Å²) in [5.74, 6) is -0.0346. The molecule has 0 atom stereocenters. The number of carbonyl (C=O) groups is 1. The van der Waals surface area contributed by atoms with Gasteiger partial charge in [-0.15, -0.1) is 0 Å². The fraction of sp³-hybridized carbons (Fsp3) is 0.909. The summed E-state index contributed by atoms with van der Waals surface area (Å²) >= 11 is 0. The molecule has 0 radical (unpaired) electrons. The van der Waals surface area contributed by atoms with Crippen LogP contribution < -0.4 is 0 Å². The summed E-state index contributed by atoms with van der Waals surface area (Å²) in [7, 11) is 0. The highest BCUT2D eigenvalue weighted by Gasteiger charge is 2.33. The predicted octanol–water partition coefficient (Wildman–Crippen LogP) is 2.21. The van der Waals surface area contributed by atoms with Crippen LogP contribution in [0.25, 0.3) is 0 Å². The Bertz CT molecular complexity index is 262. The maximum absolute atomic E-state index is 11.8. The molecule has 100 valence electrons. The van der Waals surface area contributed by atoms with Crippen LogP contribution in [0.4, 0.5) is 13.2 Å². The van der Waals surface area contributed by atoms with Crippen molar-refractivity contribution in [3.8, 4) is 0 Å². The molecule has 6 heteroatoms. The first kappa shape index (κ1) is 14.3. The van der Waals surface area contributed by atoms with Crippen LogP contribution in [-0.2, 0) is 9.53 Å². The van der Waals surface area contributed by atoms with Gasteiger partial charge in [0.2, 0.25) is 5.91 Å². The fourth-order valence-electron chi connectivity index (χ4n) is 1.57. The molecule has 1 rings (SSSR count). The standard InChI is InChI=1S/C11H18F3NO2/c1-8(2)5-15(9-3-4-9)10(16)6-17-7-11(12,13)14/h8-9H,3-7H2,1-2H3. The van der Waals surface area contributed by atoms with Gasteiger partial charge in [0.05, 0.1) is 0 Å². The van der Waals surface area contributed by atoms with Gasteiger partial charge in [-0.2, -0.15) is 13.2 Å².